The molecule has 2 amide bonds. The number of nitrogens with one attached hydrogen (secondary N) is 2. The van der Waals surface area contributed by atoms with E-state index in [1.54, 1.807) is 0 Å². The van der Waals surface area contributed by atoms with Gasteiger partial charge in [-0.25, -0.2) is 0 Å². The second-order valence-corrected chi connectivity index (χ2v) is 13.7. The molecule has 2 aromatic carbocycles. The van der Waals surface area contributed by atoms with Gasteiger partial charge in [-0.2, -0.15) is 0 Å². The zero-order valence-corrected chi connectivity index (χ0v) is 23.5. The number of rotatable bonds is 12. The molecule has 0 aliphatic heterocycles. The quantitative estimate of drug-likeness (QED) is 0.204. The molecular weight excluding hydrogens is 546 g/mol. The second-order valence-electron chi connectivity index (χ2n) is 9.93. The molecule has 11 nitrogen and oxygen atoms in total. The van der Waals surface area contributed by atoms with E-state index in [1.165, 1.54) is 63.3 Å². The maximum Gasteiger partial charge on any atom is 0.345 e. The zero-order chi connectivity index (χ0) is 28.6. The Morgan fingerprint density at radius 1 is 0.897 bits per heavy atom. The summed E-state index contributed by atoms with van der Waals surface area (Å²) >= 11 is 0. The van der Waals surface area contributed by atoms with Crippen LogP contribution in [0.5, 0.6) is 5.75 Å². The fraction of sp³-hybridized carbons (Fsp3) is 0.462. The molecule has 0 saturated heterocycles. The van der Waals surface area contributed by atoms with E-state index in [1.807, 2.05) is 24.3 Å². The summed E-state index contributed by atoms with van der Waals surface area (Å²) in [6.07, 6.45) is 6.26. The van der Waals surface area contributed by atoms with Gasteiger partial charge < -0.3 is 34.9 Å². The van der Waals surface area contributed by atoms with Gasteiger partial charge >= 0.3 is 15.2 Å². The van der Waals surface area contributed by atoms with E-state index >= 15 is 0 Å². The molecule has 39 heavy (non-hydrogen) atoms. The Morgan fingerprint density at radius 3 is 2.00 bits per heavy atom. The number of carbonyl (C=O) groups excluding carboxylic acids is 2. The van der Waals surface area contributed by atoms with Crippen molar-refractivity contribution in [2.45, 2.75) is 63.4 Å². The Labute approximate surface area is 227 Å². The van der Waals surface area contributed by atoms with E-state index < -0.39 is 38.4 Å². The van der Waals surface area contributed by atoms with Crippen molar-refractivity contribution >= 4 is 27.0 Å². The highest BCUT2D eigenvalue weighted by molar-refractivity contribution is 7.70. The van der Waals surface area contributed by atoms with Gasteiger partial charge in [0.2, 0.25) is 11.8 Å². The van der Waals surface area contributed by atoms with E-state index in [0.29, 0.717) is 18.1 Å². The van der Waals surface area contributed by atoms with Crippen LogP contribution in [-0.2, 0) is 31.7 Å². The average molecular weight is 583 g/mol. The topological polar surface area (TPSA) is 182 Å². The number of hydrogen-bond acceptors (Lipinski definition) is 5. The molecule has 1 saturated carbocycles. The minimum absolute atomic E-state index is 0.0517. The maximum absolute atomic E-state index is 12.9. The first kappa shape index (κ1) is 31.0. The number of carbonyl (C=O) groups is 2. The monoisotopic (exact) mass is 582 g/mol. The van der Waals surface area contributed by atoms with Gasteiger partial charge in [-0.05, 0) is 47.6 Å². The van der Waals surface area contributed by atoms with Crippen molar-refractivity contribution in [1.29, 1.82) is 0 Å². The highest BCUT2D eigenvalue weighted by atomic mass is 31.2. The summed E-state index contributed by atoms with van der Waals surface area (Å²) in [6.45, 7) is 2.21. The predicted molar refractivity (Wildman–Crippen MR) is 145 cm³/mol. The summed E-state index contributed by atoms with van der Waals surface area (Å²) in [5.74, 6) is 0.512. The first-order valence-corrected chi connectivity index (χ1v) is 16.1. The van der Waals surface area contributed by atoms with Crippen molar-refractivity contribution in [3.63, 3.8) is 0 Å². The van der Waals surface area contributed by atoms with Gasteiger partial charge in [0.1, 0.15) is 11.8 Å². The zero-order valence-electron chi connectivity index (χ0n) is 21.7. The molecule has 13 heteroatoms. The van der Waals surface area contributed by atoms with Crippen molar-refractivity contribution < 1.29 is 43.0 Å². The van der Waals surface area contributed by atoms with E-state index in [9.17, 15) is 38.3 Å². The summed E-state index contributed by atoms with van der Waals surface area (Å²) in [4.78, 5) is 62.3. The molecule has 1 atom stereocenters. The van der Waals surface area contributed by atoms with Gasteiger partial charge in [-0.15, -0.1) is 0 Å². The Bertz CT molecular complexity index is 1180. The van der Waals surface area contributed by atoms with Crippen LogP contribution in [0.25, 0.3) is 0 Å². The fourth-order valence-corrected chi connectivity index (χ4v) is 7.37. The summed E-state index contributed by atoms with van der Waals surface area (Å²) in [5.41, 5.74) is 1.13. The number of hydrogen-bond donors (Lipinski definition) is 6. The normalized spacial score (nSPS) is 15.5. The van der Waals surface area contributed by atoms with Gasteiger partial charge in [0, 0.05) is 19.9 Å². The third-order valence-corrected chi connectivity index (χ3v) is 10.3. The average Bonchev–Trinajstić information content (AvgIpc) is 2.86. The smallest absolute Gasteiger partial charge is 0.345 e. The Hall–Kier alpha value is -2.52. The molecule has 6 N–H and O–H groups in total. The highest BCUT2D eigenvalue weighted by Gasteiger charge is 2.44. The summed E-state index contributed by atoms with van der Waals surface area (Å²) in [6, 6.07) is 11.7. The predicted octanol–water partition coefficient (Wildman–Crippen LogP) is 3.36. The number of amides is 2. The minimum atomic E-state index is -5.14. The van der Waals surface area contributed by atoms with Crippen LogP contribution in [0.1, 0.15) is 61.1 Å². The molecule has 1 aliphatic rings. The Balaban J connectivity index is 1.59. The minimum Gasteiger partial charge on any atom is -0.493 e. The van der Waals surface area contributed by atoms with Crippen LogP contribution >= 0.6 is 15.2 Å². The van der Waals surface area contributed by atoms with Crippen molar-refractivity contribution in [3.05, 3.63) is 65.2 Å². The van der Waals surface area contributed by atoms with Crippen LogP contribution in [0.3, 0.4) is 0 Å². The summed E-state index contributed by atoms with van der Waals surface area (Å²) < 4.78 is 29.2. The van der Waals surface area contributed by atoms with Crippen LogP contribution in [-0.4, -0.2) is 44.0 Å². The molecule has 0 radical (unpaired) electrons. The number of ether oxygens (including phenoxy) is 1. The standard InChI is InChI=1S/C26H36N2O9P2/c1-18(29)28-24(15-19-7-11-22(12-8-19)26(38(31,32)33)39(34,35)36)25(30)27-16-20-9-13-23(14-10-20)37-17-21-5-3-2-4-6-21/h7-14,21,24,26H,2-6,15-17H2,1H3,(H,27,30)(H,28,29)(H2,31,32,33)(H2,34,35,36). The first-order valence-electron chi connectivity index (χ1n) is 12.8. The second kappa shape index (κ2) is 13.7. The molecule has 1 aliphatic carbocycles. The third kappa shape index (κ3) is 9.87. The van der Waals surface area contributed by atoms with Gasteiger partial charge in [0.05, 0.1) is 6.61 Å². The van der Waals surface area contributed by atoms with Gasteiger partial charge in [0.15, 0.2) is 5.40 Å². The lowest BCUT2D eigenvalue weighted by Gasteiger charge is -2.21. The molecule has 2 aromatic rings. The van der Waals surface area contributed by atoms with E-state index in [4.69, 9.17) is 4.74 Å². The Kier molecular flexibility index (Phi) is 10.9. The third-order valence-electron chi connectivity index (χ3n) is 6.65. The molecule has 1 unspecified atom stereocenters. The van der Waals surface area contributed by atoms with E-state index in [-0.39, 0.29) is 18.5 Å². The molecule has 214 valence electrons. The Morgan fingerprint density at radius 2 is 1.46 bits per heavy atom. The molecule has 0 spiro atoms. The summed E-state index contributed by atoms with van der Waals surface area (Å²) in [5, 5.41) is 3.10. The fourth-order valence-electron chi connectivity index (χ4n) is 4.68. The van der Waals surface area contributed by atoms with Crippen LogP contribution in [0.4, 0.5) is 0 Å². The molecule has 0 bridgehead atoms. The van der Waals surface area contributed by atoms with Crippen molar-refractivity contribution in [2.75, 3.05) is 6.61 Å². The lowest BCUT2D eigenvalue weighted by molar-refractivity contribution is -0.128. The lowest BCUT2D eigenvalue weighted by Crippen LogP contribution is -2.47. The summed E-state index contributed by atoms with van der Waals surface area (Å²) in [7, 11) is -10.3. The molecule has 0 heterocycles. The van der Waals surface area contributed by atoms with Gasteiger partial charge in [0.25, 0.3) is 0 Å². The first-order chi connectivity index (χ1) is 18.3. The largest absolute Gasteiger partial charge is 0.493 e. The number of benzene rings is 2. The van der Waals surface area contributed by atoms with Crippen LogP contribution in [0, 0.1) is 5.92 Å². The van der Waals surface area contributed by atoms with Gasteiger partial charge in [-0.1, -0.05) is 55.7 Å². The molecular formula is C26H36N2O9P2. The lowest BCUT2D eigenvalue weighted by atomic mass is 9.90. The van der Waals surface area contributed by atoms with Crippen LogP contribution in [0.15, 0.2) is 48.5 Å². The van der Waals surface area contributed by atoms with Crippen molar-refractivity contribution in [1.82, 2.24) is 10.6 Å². The molecule has 1 fully saturated rings. The van der Waals surface area contributed by atoms with Crippen molar-refractivity contribution in [3.8, 4) is 5.75 Å². The van der Waals surface area contributed by atoms with Crippen LogP contribution in [0.2, 0.25) is 0 Å². The highest BCUT2D eigenvalue weighted by Crippen LogP contribution is 2.69. The van der Waals surface area contributed by atoms with Gasteiger partial charge in [-0.3, -0.25) is 18.7 Å². The maximum atomic E-state index is 12.9. The SMILES string of the molecule is CC(=O)NC(Cc1ccc(C(P(=O)(O)O)P(=O)(O)O)cc1)C(=O)NCc1ccc(OCC2CCCCC2)cc1. The van der Waals surface area contributed by atoms with Crippen LogP contribution < -0.4 is 15.4 Å². The van der Waals surface area contributed by atoms with Crippen molar-refractivity contribution in [2.24, 2.45) is 5.92 Å². The van der Waals surface area contributed by atoms with E-state index in [2.05, 4.69) is 10.6 Å². The molecule has 0 aromatic heterocycles. The molecule has 3 rings (SSSR count). The van der Waals surface area contributed by atoms with E-state index in [0.717, 1.165) is 11.3 Å².